The first-order chi connectivity index (χ1) is 13.4. The van der Waals surface area contributed by atoms with Crippen LogP contribution in [-0.2, 0) is 13.0 Å². The molecule has 3 heteroatoms. The summed E-state index contributed by atoms with van der Waals surface area (Å²) in [5, 5.41) is 10.5. The van der Waals surface area contributed by atoms with Crippen LogP contribution in [0.4, 0.5) is 0 Å². The fraction of sp³-hybridized carbons (Fsp3) is 0.125. The molecule has 1 aromatic heterocycles. The van der Waals surface area contributed by atoms with E-state index in [4.69, 9.17) is 4.74 Å². The average Bonchev–Trinajstić information content (AvgIpc) is 2.73. The third kappa shape index (κ3) is 3.69. The Bertz CT molecular complexity index is 1040. The van der Waals surface area contributed by atoms with E-state index in [0.29, 0.717) is 13.0 Å². The van der Waals surface area contributed by atoms with Crippen molar-refractivity contribution in [2.45, 2.75) is 13.0 Å². The second-order valence-electron chi connectivity index (χ2n) is 6.42. The summed E-state index contributed by atoms with van der Waals surface area (Å²) in [5.74, 6) is 0.780. The molecule has 0 spiro atoms. The molecule has 3 nitrogen and oxygen atoms in total. The van der Waals surface area contributed by atoms with Gasteiger partial charge in [-0.05, 0) is 35.2 Å². The van der Waals surface area contributed by atoms with Gasteiger partial charge in [-0.25, -0.2) is 0 Å². The zero-order valence-electron chi connectivity index (χ0n) is 15.0. The van der Waals surface area contributed by atoms with Gasteiger partial charge in [0.1, 0.15) is 12.1 Å². The van der Waals surface area contributed by atoms with Crippen molar-refractivity contribution in [3.63, 3.8) is 0 Å². The van der Waals surface area contributed by atoms with Crippen molar-refractivity contribution in [3.05, 3.63) is 96.2 Å². The van der Waals surface area contributed by atoms with Crippen LogP contribution >= 0.6 is 0 Å². The van der Waals surface area contributed by atoms with Crippen molar-refractivity contribution in [1.82, 2.24) is 4.98 Å². The molecule has 1 heterocycles. The van der Waals surface area contributed by atoms with E-state index in [9.17, 15) is 5.11 Å². The zero-order chi connectivity index (χ0) is 18.5. The van der Waals surface area contributed by atoms with Gasteiger partial charge in [0.25, 0.3) is 0 Å². The van der Waals surface area contributed by atoms with E-state index in [1.807, 2.05) is 42.5 Å². The van der Waals surface area contributed by atoms with Gasteiger partial charge in [0.2, 0.25) is 0 Å². The molecule has 27 heavy (non-hydrogen) atoms. The molecule has 4 aromatic rings. The number of aliphatic hydroxyl groups is 1. The number of rotatable bonds is 6. The normalized spacial score (nSPS) is 10.9. The van der Waals surface area contributed by atoms with E-state index in [-0.39, 0.29) is 6.61 Å². The van der Waals surface area contributed by atoms with Gasteiger partial charge in [-0.3, -0.25) is 4.98 Å². The molecule has 1 N–H and O–H groups in total. The van der Waals surface area contributed by atoms with E-state index < -0.39 is 0 Å². The minimum absolute atomic E-state index is 0.114. The van der Waals surface area contributed by atoms with Crippen molar-refractivity contribution < 1.29 is 9.84 Å². The topological polar surface area (TPSA) is 42.4 Å². The van der Waals surface area contributed by atoms with Crippen LogP contribution in [0, 0.1) is 0 Å². The summed E-state index contributed by atoms with van der Waals surface area (Å²) >= 11 is 0. The van der Waals surface area contributed by atoms with Crippen molar-refractivity contribution in [3.8, 4) is 16.9 Å². The van der Waals surface area contributed by atoms with Gasteiger partial charge < -0.3 is 9.84 Å². The molecule has 0 radical (unpaired) electrons. The Morgan fingerprint density at radius 1 is 0.778 bits per heavy atom. The average molecular weight is 355 g/mol. The summed E-state index contributed by atoms with van der Waals surface area (Å²) in [7, 11) is 0. The predicted octanol–water partition coefficient (Wildman–Crippen LogP) is 5.02. The number of benzene rings is 3. The maximum Gasteiger partial charge on any atom is 0.153 e. The van der Waals surface area contributed by atoms with Crippen LogP contribution in [0.25, 0.3) is 22.0 Å². The number of hydrogen-bond acceptors (Lipinski definition) is 3. The Hall–Kier alpha value is -3.17. The number of nitrogens with zero attached hydrogens (tertiary/aromatic N) is 1. The lowest BCUT2D eigenvalue weighted by Crippen LogP contribution is -2.00. The first-order valence-corrected chi connectivity index (χ1v) is 9.10. The van der Waals surface area contributed by atoms with Gasteiger partial charge >= 0.3 is 0 Å². The number of pyridine rings is 1. The number of aromatic nitrogens is 1. The quantitative estimate of drug-likeness (QED) is 0.528. The Balaban J connectivity index is 1.83. The fourth-order valence-corrected chi connectivity index (χ4v) is 3.33. The van der Waals surface area contributed by atoms with Gasteiger partial charge in [0, 0.05) is 23.8 Å². The van der Waals surface area contributed by atoms with E-state index in [0.717, 1.165) is 38.9 Å². The largest absolute Gasteiger partial charge is 0.486 e. The van der Waals surface area contributed by atoms with Crippen LogP contribution in [0.1, 0.15) is 11.1 Å². The van der Waals surface area contributed by atoms with Crippen molar-refractivity contribution in [2.24, 2.45) is 0 Å². The molecule has 0 unspecified atom stereocenters. The van der Waals surface area contributed by atoms with E-state index in [2.05, 4.69) is 41.4 Å². The highest BCUT2D eigenvalue weighted by Crippen LogP contribution is 2.38. The van der Waals surface area contributed by atoms with Crippen molar-refractivity contribution >= 4 is 10.9 Å². The molecule has 4 rings (SSSR count). The third-order valence-corrected chi connectivity index (χ3v) is 4.64. The fourth-order valence-electron chi connectivity index (χ4n) is 3.33. The van der Waals surface area contributed by atoms with Gasteiger partial charge in [0.05, 0.1) is 0 Å². The monoisotopic (exact) mass is 355 g/mol. The van der Waals surface area contributed by atoms with Crippen molar-refractivity contribution in [2.75, 3.05) is 6.61 Å². The van der Waals surface area contributed by atoms with Gasteiger partial charge in [-0.15, -0.1) is 0 Å². The Morgan fingerprint density at radius 3 is 2.44 bits per heavy atom. The SMILES string of the molecule is OCCc1ccccc1-c1ccc2cccnc2c1OCc1ccccc1. The summed E-state index contributed by atoms with van der Waals surface area (Å²) in [6.07, 6.45) is 2.40. The molecular weight excluding hydrogens is 334 g/mol. The molecule has 134 valence electrons. The molecule has 0 aliphatic rings. The zero-order valence-corrected chi connectivity index (χ0v) is 15.0. The predicted molar refractivity (Wildman–Crippen MR) is 109 cm³/mol. The molecule has 0 aliphatic carbocycles. The summed E-state index contributed by atoms with van der Waals surface area (Å²) < 4.78 is 6.30. The second kappa shape index (κ2) is 8.02. The van der Waals surface area contributed by atoms with E-state index >= 15 is 0 Å². The van der Waals surface area contributed by atoms with Gasteiger partial charge in [0.15, 0.2) is 5.75 Å². The second-order valence-corrected chi connectivity index (χ2v) is 6.42. The van der Waals surface area contributed by atoms with Gasteiger partial charge in [-0.1, -0.05) is 66.7 Å². The van der Waals surface area contributed by atoms with Crippen LogP contribution in [-0.4, -0.2) is 16.7 Å². The maximum atomic E-state index is 9.44. The summed E-state index contributed by atoms with van der Waals surface area (Å²) in [6, 6.07) is 26.4. The van der Waals surface area contributed by atoms with Crippen LogP contribution in [0.15, 0.2) is 85.1 Å². The minimum atomic E-state index is 0.114. The number of hydrogen-bond donors (Lipinski definition) is 1. The minimum Gasteiger partial charge on any atom is -0.486 e. The summed E-state index contributed by atoms with van der Waals surface area (Å²) in [5.41, 5.74) is 5.13. The van der Waals surface area contributed by atoms with Crippen LogP contribution in [0.5, 0.6) is 5.75 Å². The van der Waals surface area contributed by atoms with Crippen LogP contribution in [0.3, 0.4) is 0 Å². The number of aliphatic hydroxyl groups excluding tert-OH is 1. The summed E-state index contributed by atoms with van der Waals surface area (Å²) in [6.45, 7) is 0.592. The molecular formula is C24H21NO2. The first-order valence-electron chi connectivity index (χ1n) is 9.10. The standard InChI is InChI=1S/C24H21NO2/c26-16-14-19-9-4-5-11-21(19)22-13-12-20-10-6-15-25-23(20)24(22)27-17-18-7-2-1-3-8-18/h1-13,15,26H,14,16-17H2. The molecule has 0 aliphatic heterocycles. The maximum absolute atomic E-state index is 9.44. The van der Waals surface area contributed by atoms with Crippen LogP contribution < -0.4 is 4.74 Å². The lowest BCUT2D eigenvalue weighted by molar-refractivity contribution is 0.299. The van der Waals surface area contributed by atoms with E-state index in [1.54, 1.807) is 6.20 Å². The first kappa shape index (κ1) is 17.3. The number of ether oxygens (including phenoxy) is 1. The Labute approximate surface area is 158 Å². The van der Waals surface area contributed by atoms with Gasteiger partial charge in [-0.2, -0.15) is 0 Å². The van der Waals surface area contributed by atoms with E-state index in [1.165, 1.54) is 0 Å². The van der Waals surface area contributed by atoms with Crippen molar-refractivity contribution in [1.29, 1.82) is 0 Å². The highest BCUT2D eigenvalue weighted by Gasteiger charge is 2.15. The molecule has 3 aromatic carbocycles. The molecule has 0 amide bonds. The Kier molecular flexibility index (Phi) is 5.13. The molecule has 0 atom stereocenters. The molecule has 0 saturated carbocycles. The lowest BCUT2D eigenvalue weighted by atomic mass is 9.96. The third-order valence-electron chi connectivity index (χ3n) is 4.64. The van der Waals surface area contributed by atoms with Crippen LogP contribution in [0.2, 0.25) is 0 Å². The summed E-state index contributed by atoms with van der Waals surface area (Å²) in [4.78, 5) is 4.58. The smallest absolute Gasteiger partial charge is 0.153 e. The Morgan fingerprint density at radius 2 is 1.59 bits per heavy atom. The molecule has 0 saturated heterocycles. The molecule has 0 fully saturated rings. The highest BCUT2D eigenvalue weighted by atomic mass is 16.5. The number of fused-ring (bicyclic) bond motifs is 1. The highest BCUT2D eigenvalue weighted by molar-refractivity contribution is 5.92. The molecule has 0 bridgehead atoms. The lowest BCUT2D eigenvalue weighted by Gasteiger charge is -2.16.